The molecule has 0 bridgehead atoms. The maximum absolute atomic E-state index is 12.9. The van der Waals surface area contributed by atoms with Crippen LogP contribution in [0.15, 0.2) is 0 Å². The second kappa shape index (κ2) is 48.2. The zero-order chi connectivity index (χ0) is 52.8. The van der Waals surface area contributed by atoms with Crippen LogP contribution >= 0.6 is 7.82 Å². The Balaban J connectivity index is 2.29. The van der Waals surface area contributed by atoms with Crippen LogP contribution in [-0.4, -0.2) is 98.3 Å². The fourth-order valence-corrected chi connectivity index (χ4v) is 10.9. The first kappa shape index (κ1) is 68.9. The summed E-state index contributed by atoms with van der Waals surface area (Å²) in [7, 11) is -5.12. The largest absolute Gasteiger partial charge is 0.472 e. The van der Waals surface area contributed by atoms with Gasteiger partial charge in [0.25, 0.3) is 0 Å². The number of ether oxygens (including phenoxy) is 2. The van der Waals surface area contributed by atoms with Gasteiger partial charge in [0.05, 0.1) is 6.61 Å². The van der Waals surface area contributed by atoms with Gasteiger partial charge in [0.2, 0.25) is 0 Å². The van der Waals surface area contributed by atoms with E-state index < -0.39 is 75.7 Å². The number of carbonyl (C=O) groups is 2. The predicted molar refractivity (Wildman–Crippen MR) is 291 cm³/mol. The Morgan fingerprint density at radius 2 is 0.625 bits per heavy atom. The number of hydrogen-bond acceptors (Lipinski definition) is 12. The third-order valence-corrected chi connectivity index (χ3v) is 15.7. The monoisotopic (exact) mass is 1050 g/mol. The minimum absolute atomic E-state index is 0.106. The van der Waals surface area contributed by atoms with Crippen LogP contribution < -0.4 is 0 Å². The normalized spacial score (nSPS) is 20.4. The summed E-state index contributed by atoms with van der Waals surface area (Å²) in [5.41, 5.74) is 0. The highest BCUT2D eigenvalue weighted by Crippen LogP contribution is 2.47. The number of unbranched alkanes of at least 4 members (excludes halogenated alkanes) is 41. The SMILES string of the molecule is CCCCCCCCCCCCCCCCCCCCCCCCCC(=O)OC(COC(=O)CCCCCCCCCCCCCCCCCCCCCC)COP(=O)(O)OC1C(O)C(O)C(O)C(O)C1O. The van der Waals surface area contributed by atoms with Crippen LogP contribution in [0.25, 0.3) is 0 Å². The van der Waals surface area contributed by atoms with Crippen molar-refractivity contribution in [2.75, 3.05) is 13.2 Å². The van der Waals surface area contributed by atoms with E-state index in [1.807, 2.05) is 0 Å². The number of carbonyl (C=O) groups excluding carboxylic acids is 2. The van der Waals surface area contributed by atoms with Crippen molar-refractivity contribution < 1.29 is 63.1 Å². The highest BCUT2D eigenvalue weighted by atomic mass is 31.2. The molecule has 0 heterocycles. The molecule has 14 heteroatoms. The van der Waals surface area contributed by atoms with E-state index in [4.69, 9.17) is 18.5 Å². The minimum atomic E-state index is -5.12. The smallest absolute Gasteiger partial charge is 0.462 e. The maximum Gasteiger partial charge on any atom is 0.472 e. The molecule has 1 saturated carbocycles. The van der Waals surface area contributed by atoms with Crippen molar-refractivity contribution in [3.05, 3.63) is 0 Å². The molecule has 428 valence electrons. The Labute approximate surface area is 440 Å². The van der Waals surface area contributed by atoms with Crippen molar-refractivity contribution in [2.24, 2.45) is 0 Å². The second-order valence-electron chi connectivity index (χ2n) is 21.6. The van der Waals surface area contributed by atoms with Crippen LogP contribution in [0.2, 0.25) is 0 Å². The molecule has 1 aliphatic rings. The van der Waals surface area contributed by atoms with Gasteiger partial charge in [-0.3, -0.25) is 18.6 Å². The van der Waals surface area contributed by atoms with Crippen LogP contribution in [0.1, 0.15) is 303 Å². The van der Waals surface area contributed by atoms with Crippen molar-refractivity contribution in [1.82, 2.24) is 0 Å². The van der Waals surface area contributed by atoms with E-state index in [1.54, 1.807) is 0 Å². The molecule has 0 aromatic rings. The number of hydrogen-bond donors (Lipinski definition) is 6. The van der Waals surface area contributed by atoms with E-state index >= 15 is 0 Å². The lowest BCUT2D eigenvalue weighted by Gasteiger charge is -2.41. The summed E-state index contributed by atoms with van der Waals surface area (Å²) < 4.78 is 33.8. The van der Waals surface area contributed by atoms with E-state index in [0.717, 1.165) is 38.5 Å². The summed E-state index contributed by atoms with van der Waals surface area (Å²) in [6.07, 6.45) is 41.5. The molecule has 0 radical (unpaired) electrons. The first-order chi connectivity index (χ1) is 34.9. The average molecular weight is 1050 g/mol. The number of phosphoric acid groups is 1. The summed E-state index contributed by atoms with van der Waals surface area (Å²) in [5.74, 6) is -1.07. The summed E-state index contributed by atoms with van der Waals surface area (Å²) in [5, 5.41) is 50.4. The van der Waals surface area contributed by atoms with Crippen LogP contribution in [0.4, 0.5) is 0 Å². The van der Waals surface area contributed by atoms with Crippen LogP contribution in [-0.2, 0) is 32.7 Å². The highest BCUT2D eigenvalue weighted by molar-refractivity contribution is 7.47. The van der Waals surface area contributed by atoms with Crippen LogP contribution in [0.5, 0.6) is 0 Å². The lowest BCUT2D eigenvalue weighted by molar-refractivity contribution is -0.220. The quantitative estimate of drug-likeness (QED) is 0.0191. The molecule has 6 unspecified atom stereocenters. The van der Waals surface area contributed by atoms with Gasteiger partial charge >= 0.3 is 19.8 Å². The molecule has 0 saturated heterocycles. The number of aliphatic hydroxyl groups is 5. The Hall–Kier alpha value is -1.15. The molecule has 0 spiro atoms. The highest BCUT2D eigenvalue weighted by Gasteiger charge is 2.51. The van der Waals surface area contributed by atoms with Crippen molar-refractivity contribution >= 4 is 19.8 Å². The zero-order valence-corrected chi connectivity index (χ0v) is 47.2. The van der Waals surface area contributed by atoms with Crippen molar-refractivity contribution in [1.29, 1.82) is 0 Å². The van der Waals surface area contributed by atoms with Crippen LogP contribution in [0, 0.1) is 0 Å². The lowest BCUT2D eigenvalue weighted by atomic mass is 9.85. The molecule has 6 N–H and O–H groups in total. The number of phosphoric ester groups is 1. The molecule has 1 aliphatic carbocycles. The van der Waals surface area contributed by atoms with Gasteiger partial charge in [-0.2, -0.15) is 0 Å². The molecule has 0 aromatic heterocycles. The molecular formula is C58H113O13P. The standard InChI is InChI=1S/C58H113O13P/c1-3-5-7-9-11-13-15-17-19-21-23-25-26-27-29-31-33-35-37-39-41-43-45-47-52(60)70-50(49-69-72(66,67)71-58-56(64)54(62)53(61)55(63)57(58)65)48-68-51(59)46-44-42-40-38-36-34-32-30-28-24-22-20-18-16-14-12-10-8-6-4-2/h50,53-58,61-65H,3-49H2,1-2H3,(H,66,67). The fraction of sp³-hybridized carbons (Fsp3) is 0.966. The molecule has 0 aromatic carbocycles. The molecule has 1 rings (SSSR count). The van der Waals surface area contributed by atoms with Gasteiger partial charge in [-0.15, -0.1) is 0 Å². The molecular weight excluding hydrogens is 936 g/mol. The van der Waals surface area contributed by atoms with Gasteiger partial charge in [0.15, 0.2) is 6.10 Å². The summed E-state index contributed by atoms with van der Waals surface area (Å²) in [4.78, 5) is 36.0. The van der Waals surface area contributed by atoms with Gasteiger partial charge in [-0.25, -0.2) is 4.57 Å². The number of rotatable bonds is 53. The van der Waals surface area contributed by atoms with Gasteiger partial charge in [-0.1, -0.05) is 277 Å². The first-order valence-corrected chi connectivity index (χ1v) is 31.8. The number of esters is 2. The fourth-order valence-electron chi connectivity index (χ4n) is 9.88. The van der Waals surface area contributed by atoms with Gasteiger partial charge in [0.1, 0.15) is 43.2 Å². The van der Waals surface area contributed by atoms with E-state index in [-0.39, 0.29) is 12.8 Å². The van der Waals surface area contributed by atoms with Crippen LogP contribution in [0.3, 0.4) is 0 Å². The molecule has 0 amide bonds. The average Bonchev–Trinajstić information content (AvgIpc) is 3.36. The van der Waals surface area contributed by atoms with Crippen molar-refractivity contribution in [3.8, 4) is 0 Å². The summed E-state index contributed by atoms with van der Waals surface area (Å²) in [6.45, 7) is 3.39. The molecule has 1 fully saturated rings. The van der Waals surface area contributed by atoms with Crippen molar-refractivity contribution in [3.63, 3.8) is 0 Å². The van der Waals surface area contributed by atoms with E-state index in [0.29, 0.717) is 12.8 Å². The topological polar surface area (TPSA) is 210 Å². The van der Waals surface area contributed by atoms with E-state index in [1.165, 1.54) is 225 Å². The maximum atomic E-state index is 12.9. The summed E-state index contributed by atoms with van der Waals surface area (Å²) in [6, 6.07) is 0. The summed E-state index contributed by atoms with van der Waals surface area (Å²) >= 11 is 0. The Kier molecular flexibility index (Phi) is 46.1. The Morgan fingerprint density at radius 3 is 0.917 bits per heavy atom. The van der Waals surface area contributed by atoms with Gasteiger partial charge in [0, 0.05) is 12.8 Å². The van der Waals surface area contributed by atoms with Gasteiger partial charge in [-0.05, 0) is 12.8 Å². The minimum Gasteiger partial charge on any atom is -0.462 e. The third kappa shape index (κ3) is 39.3. The predicted octanol–water partition coefficient (Wildman–Crippen LogP) is 14.4. The molecule has 6 atom stereocenters. The van der Waals surface area contributed by atoms with E-state index in [2.05, 4.69) is 13.8 Å². The molecule has 0 aliphatic heterocycles. The van der Waals surface area contributed by atoms with Crippen molar-refractivity contribution in [2.45, 2.75) is 346 Å². The first-order valence-electron chi connectivity index (χ1n) is 30.3. The Morgan fingerprint density at radius 1 is 0.375 bits per heavy atom. The molecule has 72 heavy (non-hydrogen) atoms. The Bertz CT molecular complexity index is 1260. The lowest BCUT2D eigenvalue weighted by Crippen LogP contribution is -2.64. The third-order valence-electron chi connectivity index (χ3n) is 14.7. The molecule has 13 nitrogen and oxygen atoms in total. The zero-order valence-electron chi connectivity index (χ0n) is 46.3. The van der Waals surface area contributed by atoms with E-state index in [9.17, 15) is 44.6 Å². The van der Waals surface area contributed by atoms with Gasteiger partial charge < -0.3 is 39.9 Å². The number of aliphatic hydroxyl groups excluding tert-OH is 5. The second-order valence-corrected chi connectivity index (χ2v) is 23.0.